The monoisotopic (exact) mass is 374 g/mol. The first kappa shape index (κ1) is 18.9. The van der Waals surface area contributed by atoms with Crippen molar-refractivity contribution in [2.24, 2.45) is 11.8 Å². The van der Waals surface area contributed by atoms with Crippen LogP contribution < -0.4 is 0 Å². The number of hydrogen-bond acceptors (Lipinski definition) is 3. The van der Waals surface area contributed by atoms with Crippen molar-refractivity contribution in [1.82, 2.24) is 0 Å². The van der Waals surface area contributed by atoms with E-state index < -0.39 is 20.1 Å². The molecule has 0 aromatic rings. The standard InChI is InChI=1S/C12H25NO6P2S/c1-13(2)8-9(3-4-22)5-10-6-12(7-11(10)13,20(14,15)16)21(17,18)19/h9-11H,3-8H2,1-2H3,(H4-,14,15,16,17,18,19,22)/p+1. The van der Waals surface area contributed by atoms with Crippen LogP contribution in [0.2, 0.25) is 0 Å². The van der Waals surface area contributed by atoms with E-state index in [0.29, 0.717) is 10.4 Å². The first-order valence-electron chi connectivity index (χ1n) is 7.39. The fourth-order valence-electron chi connectivity index (χ4n) is 4.54. The molecule has 1 saturated carbocycles. The number of piperidine rings is 1. The predicted molar refractivity (Wildman–Crippen MR) is 86.9 cm³/mol. The topological polar surface area (TPSA) is 115 Å². The van der Waals surface area contributed by atoms with Crippen LogP contribution >= 0.6 is 27.8 Å². The van der Waals surface area contributed by atoms with Crippen LogP contribution in [0.4, 0.5) is 0 Å². The Hall–Kier alpha value is 0.610. The Balaban J connectivity index is 2.40. The van der Waals surface area contributed by atoms with Crippen LogP contribution in [0.1, 0.15) is 25.7 Å². The smallest absolute Gasteiger partial charge is 0.326 e. The number of fused-ring (bicyclic) bond motifs is 1. The lowest BCUT2D eigenvalue weighted by Gasteiger charge is -2.46. The summed E-state index contributed by atoms with van der Waals surface area (Å²) in [5, 5.41) is 0. The molecular formula is C12H26NO6P2S+. The number of hydrogen-bond donors (Lipinski definition) is 5. The lowest BCUT2D eigenvalue weighted by molar-refractivity contribution is -0.926. The Kier molecular flexibility index (Phi) is 5.04. The van der Waals surface area contributed by atoms with Crippen LogP contribution in [0.25, 0.3) is 0 Å². The summed E-state index contributed by atoms with van der Waals surface area (Å²) < 4.78 is 24.4. The maximum atomic E-state index is 11.9. The normalized spacial score (nSPS) is 34.4. The molecule has 1 aliphatic carbocycles. The molecule has 0 aromatic heterocycles. The highest BCUT2D eigenvalue weighted by molar-refractivity contribution is 7.80. The summed E-state index contributed by atoms with van der Waals surface area (Å²) in [6.07, 6.45) is 1.45. The molecule has 130 valence electrons. The molecule has 0 amide bonds. The molecule has 2 aliphatic rings. The molecular weight excluding hydrogens is 348 g/mol. The fraction of sp³-hybridized carbons (Fsp3) is 1.00. The number of nitrogens with zero attached hydrogens (tertiary/aromatic N) is 1. The summed E-state index contributed by atoms with van der Waals surface area (Å²) in [4.78, 5) is 36.6. The van der Waals surface area contributed by atoms with Crippen LogP contribution in [0.5, 0.6) is 0 Å². The number of thiol groups is 1. The van der Waals surface area contributed by atoms with E-state index in [0.717, 1.165) is 25.1 Å². The molecule has 0 bridgehead atoms. The van der Waals surface area contributed by atoms with Gasteiger partial charge in [-0.15, -0.1) is 0 Å². The zero-order valence-corrected chi connectivity index (χ0v) is 15.6. The molecule has 0 aromatic carbocycles. The summed E-state index contributed by atoms with van der Waals surface area (Å²) in [6, 6.07) is -0.128. The van der Waals surface area contributed by atoms with Gasteiger partial charge in [-0.05, 0) is 25.0 Å². The lowest BCUT2D eigenvalue weighted by atomic mass is 9.82. The maximum absolute atomic E-state index is 11.9. The quantitative estimate of drug-likeness (QED) is 0.287. The molecule has 4 N–H and O–H groups in total. The molecule has 2 fully saturated rings. The van der Waals surface area contributed by atoms with Crippen LogP contribution in [0.15, 0.2) is 0 Å². The maximum Gasteiger partial charge on any atom is 0.344 e. The van der Waals surface area contributed by atoms with Crippen molar-refractivity contribution >= 4 is 27.8 Å². The number of quaternary nitrogens is 1. The van der Waals surface area contributed by atoms with Crippen molar-refractivity contribution in [3.05, 3.63) is 0 Å². The van der Waals surface area contributed by atoms with Crippen LogP contribution in [0, 0.1) is 11.8 Å². The van der Waals surface area contributed by atoms with E-state index in [1.165, 1.54) is 0 Å². The molecule has 0 spiro atoms. The molecule has 1 heterocycles. The average Bonchev–Trinajstić information content (AvgIpc) is 2.69. The number of rotatable bonds is 4. The minimum atomic E-state index is -4.92. The molecule has 22 heavy (non-hydrogen) atoms. The van der Waals surface area contributed by atoms with E-state index in [-0.39, 0.29) is 24.8 Å². The van der Waals surface area contributed by atoms with Gasteiger partial charge in [-0.1, -0.05) is 0 Å². The van der Waals surface area contributed by atoms with Crippen molar-refractivity contribution in [1.29, 1.82) is 0 Å². The zero-order chi connectivity index (χ0) is 17.0. The molecule has 1 saturated heterocycles. The molecule has 7 nitrogen and oxygen atoms in total. The molecule has 2 rings (SSSR count). The third-order valence-electron chi connectivity index (χ3n) is 5.55. The Morgan fingerprint density at radius 2 is 1.68 bits per heavy atom. The largest absolute Gasteiger partial charge is 0.344 e. The SMILES string of the molecule is C[N+]1(C)CC(CCS)CC2CC(P(=O)(O)O)(P(=O)(O)O)CC21. The van der Waals surface area contributed by atoms with Crippen molar-refractivity contribution in [2.45, 2.75) is 36.6 Å². The Labute approximate surface area is 136 Å². The van der Waals surface area contributed by atoms with E-state index in [1.807, 2.05) is 14.1 Å². The number of likely N-dealkylation sites (tertiary alicyclic amines) is 1. The van der Waals surface area contributed by atoms with Gasteiger partial charge in [0.15, 0.2) is 4.90 Å². The minimum Gasteiger partial charge on any atom is -0.326 e. The van der Waals surface area contributed by atoms with Gasteiger partial charge in [-0.2, -0.15) is 12.6 Å². The first-order valence-corrected chi connectivity index (χ1v) is 11.2. The summed E-state index contributed by atoms with van der Waals surface area (Å²) in [6.45, 7) is 0.847. The van der Waals surface area contributed by atoms with Crippen molar-refractivity contribution in [3.8, 4) is 0 Å². The van der Waals surface area contributed by atoms with Crippen molar-refractivity contribution < 1.29 is 33.2 Å². The highest BCUT2D eigenvalue weighted by Crippen LogP contribution is 2.76. The predicted octanol–water partition coefficient (Wildman–Crippen LogP) is 1.23. The Bertz CT molecular complexity index is 508. The zero-order valence-electron chi connectivity index (χ0n) is 12.9. The molecule has 3 unspecified atom stereocenters. The average molecular weight is 374 g/mol. The van der Waals surface area contributed by atoms with Gasteiger partial charge in [0.2, 0.25) is 0 Å². The fourth-order valence-corrected chi connectivity index (χ4v) is 8.06. The van der Waals surface area contributed by atoms with Crippen LogP contribution in [0.3, 0.4) is 0 Å². The minimum absolute atomic E-state index is 0.0751. The van der Waals surface area contributed by atoms with Gasteiger partial charge in [0.25, 0.3) is 0 Å². The van der Waals surface area contributed by atoms with E-state index >= 15 is 0 Å². The van der Waals surface area contributed by atoms with Gasteiger partial charge in [-0.3, -0.25) is 9.13 Å². The van der Waals surface area contributed by atoms with Gasteiger partial charge in [0.1, 0.15) is 0 Å². The summed E-state index contributed by atoms with van der Waals surface area (Å²) >= 11 is 4.25. The highest BCUT2D eigenvalue weighted by Gasteiger charge is 2.69. The summed E-state index contributed by atoms with van der Waals surface area (Å²) in [5.41, 5.74) is 0. The second-order valence-electron chi connectivity index (χ2n) is 7.38. The second-order valence-corrected chi connectivity index (χ2v) is 12.1. The van der Waals surface area contributed by atoms with Gasteiger partial charge >= 0.3 is 15.2 Å². The Morgan fingerprint density at radius 1 is 1.14 bits per heavy atom. The molecule has 0 radical (unpaired) electrons. The van der Waals surface area contributed by atoms with Crippen LogP contribution in [-0.4, -0.2) is 61.4 Å². The third-order valence-corrected chi connectivity index (χ3v) is 10.3. The van der Waals surface area contributed by atoms with Gasteiger partial charge in [0, 0.05) is 18.3 Å². The first-order chi connectivity index (χ1) is 9.84. The van der Waals surface area contributed by atoms with E-state index in [2.05, 4.69) is 12.6 Å². The second kappa shape index (κ2) is 5.85. The summed E-state index contributed by atoms with van der Waals surface area (Å²) in [5.74, 6) is 1.04. The van der Waals surface area contributed by atoms with Gasteiger partial charge in [0.05, 0.1) is 26.7 Å². The van der Waals surface area contributed by atoms with Crippen LogP contribution in [-0.2, 0) is 9.13 Å². The molecule has 3 atom stereocenters. The Morgan fingerprint density at radius 3 is 2.14 bits per heavy atom. The third kappa shape index (κ3) is 3.09. The summed E-state index contributed by atoms with van der Waals surface area (Å²) in [7, 11) is -5.87. The highest BCUT2D eigenvalue weighted by atomic mass is 32.1. The van der Waals surface area contributed by atoms with E-state index in [1.54, 1.807) is 0 Å². The van der Waals surface area contributed by atoms with Gasteiger partial charge < -0.3 is 24.1 Å². The molecule has 1 aliphatic heterocycles. The van der Waals surface area contributed by atoms with Crippen molar-refractivity contribution in [3.63, 3.8) is 0 Å². The molecule has 10 heteroatoms. The van der Waals surface area contributed by atoms with E-state index in [9.17, 15) is 28.7 Å². The lowest BCUT2D eigenvalue weighted by Crippen LogP contribution is -2.57. The van der Waals surface area contributed by atoms with Gasteiger partial charge in [-0.25, -0.2) is 0 Å². The van der Waals surface area contributed by atoms with E-state index in [4.69, 9.17) is 0 Å². The van der Waals surface area contributed by atoms with Crippen molar-refractivity contribution in [2.75, 3.05) is 26.4 Å².